The van der Waals surface area contributed by atoms with Crippen LogP contribution in [-0.2, 0) is 6.54 Å². The fourth-order valence-electron chi connectivity index (χ4n) is 2.56. The van der Waals surface area contributed by atoms with E-state index in [0.717, 1.165) is 11.3 Å². The molecule has 0 spiro atoms. The molecule has 0 aliphatic carbocycles. The van der Waals surface area contributed by atoms with Crippen LogP contribution in [0.4, 0.5) is 10.1 Å². The first-order valence-corrected chi connectivity index (χ1v) is 7.50. The van der Waals surface area contributed by atoms with Crippen molar-refractivity contribution in [2.75, 3.05) is 5.32 Å². The summed E-state index contributed by atoms with van der Waals surface area (Å²) < 4.78 is 13.4. The highest BCUT2D eigenvalue weighted by molar-refractivity contribution is 5.73. The maximum Gasteiger partial charge on any atom is 0.124 e. The van der Waals surface area contributed by atoms with Gasteiger partial charge >= 0.3 is 0 Å². The number of nitrogens with one attached hydrogen (secondary N) is 1. The molecule has 0 aliphatic heterocycles. The second-order valence-corrected chi connectivity index (χ2v) is 5.58. The van der Waals surface area contributed by atoms with Gasteiger partial charge in [-0.1, -0.05) is 42.0 Å². The predicted octanol–water partition coefficient (Wildman–Crippen LogP) is 5.12. The number of phenols is 1. The molecule has 3 heteroatoms. The molecule has 3 aromatic carbocycles. The normalized spacial score (nSPS) is 10.5. The topological polar surface area (TPSA) is 32.3 Å². The number of anilines is 1. The molecule has 0 aliphatic rings. The molecule has 0 atom stereocenters. The average molecular weight is 307 g/mol. The van der Waals surface area contributed by atoms with Gasteiger partial charge in [0.25, 0.3) is 0 Å². The number of aromatic hydroxyl groups is 1. The molecule has 0 saturated heterocycles. The number of hydrogen-bond acceptors (Lipinski definition) is 2. The van der Waals surface area contributed by atoms with Crippen molar-refractivity contribution in [2.45, 2.75) is 13.5 Å². The van der Waals surface area contributed by atoms with Gasteiger partial charge in [-0.3, -0.25) is 0 Å². The summed E-state index contributed by atoms with van der Waals surface area (Å²) in [6.07, 6.45) is 0. The summed E-state index contributed by atoms with van der Waals surface area (Å²) in [5.74, 6) is -0.293. The van der Waals surface area contributed by atoms with Crippen LogP contribution in [0.1, 0.15) is 11.1 Å². The van der Waals surface area contributed by atoms with E-state index in [9.17, 15) is 9.50 Å². The highest BCUT2D eigenvalue weighted by Crippen LogP contribution is 2.31. The summed E-state index contributed by atoms with van der Waals surface area (Å²) in [7, 11) is 0. The van der Waals surface area contributed by atoms with Crippen molar-refractivity contribution >= 4 is 5.69 Å². The quantitative estimate of drug-likeness (QED) is 0.701. The Kier molecular flexibility index (Phi) is 4.29. The molecule has 0 saturated carbocycles. The summed E-state index contributed by atoms with van der Waals surface area (Å²) >= 11 is 0. The standard InChI is InChI=1S/C20H18FNO/c1-14-4-2-5-15(10-14)13-22-18-7-3-6-16(11-18)19-12-17(21)8-9-20(19)23/h2-12,22-23H,13H2,1H3. The third-order valence-corrected chi connectivity index (χ3v) is 3.71. The van der Waals surface area contributed by atoms with E-state index in [-0.39, 0.29) is 11.6 Å². The van der Waals surface area contributed by atoms with Crippen molar-refractivity contribution in [2.24, 2.45) is 0 Å². The highest BCUT2D eigenvalue weighted by atomic mass is 19.1. The maximum atomic E-state index is 13.4. The first kappa shape index (κ1) is 15.1. The van der Waals surface area contributed by atoms with Gasteiger partial charge in [0.1, 0.15) is 11.6 Å². The number of phenolic OH excluding ortho intramolecular Hbond substituents is 1. The summed E-state index contributed by atoms with van der Waals surface area (Å²) in [4.78, 5) is 0. The first-order chi connectivity index (χ1) is 11.1. The molecule has 0 amide bonds. The highest BCUT2D eigenvalue weighted by Gasteiger charge is 2.06. The lowest BCUT2D eigenvalue weighted by molar-refractivity contribution is 0.475. The van der Waals surface area contributed by atoms with Gasteiger partial charge in [-0.15, -0.1) is 0 Å². The van der Waals surface area contributed by atoms with Crippen LogP contribution in [-0.4, -0.2) is 5.11 Å². The Hall–Kier alpha value is -2.81. The number of rotatable bonds is 4. The Balaban J connectivity index is 1.81. The largest absolute Gasteiger partial charge is 0.507 e. The fourth-order valence-corrected chi connectivity index (χ4v) is 2.56. The second kappa shape index (κ2) is 6.53. The van der Waals surface area contributed by atoms with Crippen LogP contribution in [0.25, 0.3) is 11.1 Å². The van der Waals surface area contributed by atoms with E-state index >= 15 is 0 Å². The molecule has 3 aromatic rings. The predicted molar refractivity (Wildman–Crippen MR) is 92.0 cm³/mol. The molecule has 0 bridgehead atoms. The molecular formula is C20H18FNO. The van der Waals surface area contributed by atoms with Crippen LogP contribution in [0, 0.1) is 12.7 Å². The molecular weight excluding hydrogens is 289 g/mol. The number of aryl methyl sites for hydroxylation is 1. The van der Waals surface area contributed by atoms with E-state index < -0.39 is 0 Å². The zero-order valence-corrected chi connectivity index (χ0v) is 12.9. The van der Waals surface area contributed by atoms with Gasteiger partial charge in [0.15, 0.2) is 0 Å². The lowest BCUT2D eigenvalue weighted by Gasteiger charge is -2.10. The van der Waals surface area contributed by atoms with Gasteiger partial charge in [-0.2, -0.15) is 0 Å². The molecule has 3 rings (SSSR count). The molecule has 23 heavy (non-hydrogen) atoms. The van der Waals surface area contributed by atoms with Crippen LogP contribution < -0.4 is 5.32 Å². The molecule has 0 heterocycles. The Morgan fingerprint density at radius 1 is 0.957 bits per heavy atom. The Bertz CT molecular complexity index is 829. The average Bonchev–Trinajstić information content (AvgIpc) is 2.55. The SMILES string of the molecule is Cc1cccc(CNc2cccc(-c3cc(F)ccc3O)c2)c1. The molecule has 116 valence electrons. The van der Waals surface area contributed by atoms with Gasteiger partial charge < -0.3 is 10.4 Å². The third-order valence-electron chi connectivity index (χ3n) is 3.71. The monoisotopic (exact) mass is 307 g/mol. The number of benzene rings is 3. The van der Waals surface area contributed by atoms with Gasteiger partial charge in [0.2, 0.25) is 0 Å². The first-order valence-electron chi connectivity index (χ1n) is 7.50. The van der Waals surface area contributed by atoms with Crippen LogP contribution in [0.15, 0.2) is 66.7 Å². The minimum absolute atomic E-state index is 0.0715. The molecule has 0 unspecified atom stereocenters. The van der Waals surface area contributed by atoms with Gasteiger partial charge in [-0.25, -0.2) is 4.39 Å². The van der Waals surface area contributed by atoms with Crippen LogP contribution in [0.5, 0.6) is 5.75 Å². The summed E-state index contributed by atoms with van der Waals surface area (Å²) in [5.41, 5.74) is 4.61. The molecule has 2 nitrogen and oxygen atoms in total. The van der Waals surface area contributed by atoms with E-state index in [1.165, 1.54) is 29.3 Å². The lowest BCUT2D eigenvalue weighted by atomic mass is 10.0. The van der Waals surface area contributed by atoms with E-state index in [2.05, 4.69) is 30.4 Å². The van der Waals surface area contributed by atoms with E-state index in [1.54, 1.807) is 0 Å². The van der Waals surface area contributed by atoms with Crippen molar-refractivity contribution in [1.82, 2.24) is 0 Å². The van der Waals surface area contributed by atoms with Crippen molar-refractivity contribution in [1.29, 1.82) is 0 Å². The summed E-state index contributed by atoms with van der Waals surface area (Å²) in [6.45, 7) is 2.77. The van der Waals surface area contributed by atoms with Crippen LogP contribution in [0.2, 0.25) is 0 Å². The Labute approximate surface area is 135 Å². The number of hydrogen-bond donors (Lipinski definition) is 2. The van der Waals surface area contributed by atoms with Crippen molar-refractivity contribution in [3.8, 4) is 16.9 Å². The Morgan fingerprint density at radius 2 is 1.78 bits per heavy atom. The summed E-state index contributed by atoms with van der Waals surface area (Å²) in [6, 6.07) is 19.9. The van der Waals surface area contributed by atoms with Crippen LogP contribution in [0.3, 0.4) is 0 Å². The fraction of sp³-hybridized carbons (Fsp3) is 0.100. The lowest BCUT2D eigenvalue weighted by Crippen LogP contribution is -1.99. The van der Waals surface area contributed by atoms with Crippen molar-refractivity contribution in [3.05, 3.63) is 83.7 Å². The maximum absolute atomic E-state index is 13.4. The molecule has 0 fully saturated rings. The summed E-state index contributed by atoms with van der Waals surface area (Å²) in [5, 5.41) is 13.3. The van der Waals surface area contributed by atoms with Gasteiger partial charge in [0, 0.05) is 17.8 Å². The third kappa shape index (κ3) is 3.69. The molecule has 0 aromatic heterocycles. The number of halogens is 1. The Morgan fingerprint density at radius 3 is 2.61 bits per heavy atom. The van der Waals surface area contributed by atoms with E-state index in [0.29, 0.717) is 12.1 Å². The van der Waals surface area contributed by atoms with Crippen molar-refractivity contribution in [3.63, 3.8) is 0 Å². The zero-order valence-electron chi connectivity index (χ0n) is 12.9. The minimum atomic E-state index is -0.365. The van der Waals surface area contributed by atoms with E-state index in [1.807, 2.05) is 30.3 Å². The smallest absolute Gasteiger partial charge is 0.124 e. The zero-order chi connectivity index (χ0) is 16.2. The minimum Gasteiger partial charge on any atom is -0.507 e. The molecule has 0 radical (unpaired) electrons. The van der Waals surface area contributed by atoms with E-state index in [4.69, 9.17) is 0 Å². The van der Waals surface area contributed by atoms with Crippen molar-refractivity contribution < 1.29 is 9.50 Å². The van der Waals surface area contributed by atoms with Gasteiger partial charge in [0.05, 0.1) is 0 Å². The van der Waals surface area contributed by atoms with Crippen LogP contribution >= 0.6 is 0 Å². The second-order valence-electron chi connectivity index (χ2n) is 5.58. The molecule has 2 N–H and O–H groups in total. The van der Waals surface area contributed by atoms with Gasteiger partial charge in [-0.05, 0) is 48.4 Å².